The van der Waals surface area contributed by atoms with Crippen molar-refractivity contribution in [2.75, 3.05) is 0 Å². The highest BCUT2D eigenvalue weighted by Crippen LogP contribution is 2.24. The second-order valence-electron chi connectivity index (χ2n) is 5.95. The predicted octanol–water partition coefficient (Wildman–Crippen LogP) is 5.36. The molecule has 2 aromatic carbocycles. The molecule has 0 heterocycles. The fourth-order valence-corrected chi connectivity index (χ4v) is 2.55. The number of rotatable bonds is 5. The van der Waals surface area contributed by atoms with E-state index in [1.54, 1.807) is 6.07 Å². The lowest BCUT2D eigenvalue weighted by atomic mass is 10.1. The van der Waals surface area contributed by atoms with Crippen molar-refractivity contribution < 1.29 is 4.79 Å². The summed E-state index contributed by atoms with van der Waals surface area (Å²) in [5, 5.41) is 8.50. The number of azo groups is 1. The minimum absolute atomic E-state index is 0.0161. The second kappa shape index (κ2) is 7.68. The molecule has 0 unspecified atom stereocenters. The fourth-order valence-electron chi connectivity index (χ4n) is 2.55. The molecule has 0 radical (unpaired) electrons. The van der Waals surface area contributed by atoms with Crippen molar-refractivity contribution in [2.45, 2.75) is 39.8 Å². The Balaban J connectivity index is 2.34. The molecule has 2 aromatic rings. The maximum Gasteiger partial charge on any atom is 0.256 e. The van der Waals surface area contributed by atoms with Gasteiger partial charge in [0.1, 0.15) is 0 Å². The third-order valence-corrected chi connectivity index (χ3v) is 3.51. The van der Waals surface area contributed by atoms with Crippen molar-refractivity contribution in [1.29, 1.82) is 0 Å². The van der Waals surface area contributed by atoms with Gasteiger partial charge in [-0.15, -0.1) is 5.11 Å². The van der Waals surface area contributed by atoms with Crippen LogP contribution in [0.15, 0.2) is 64.8 Å². The number of nitrogens with zero attached hydrogens (tertiary/aromatic N) is 3. The number of benzene rings is 2. The van der Waals surface area contributed by atoms with Gasteiger partial charge in [0.2, 0.25) is 0 Å². The molecular formula is C19H23N3O. The summed E-state index contributed by atoms with van der Waals surface area (Å²) in [6.07, 6.45) is 0. The van der Waals surface area contributed by atoms with Crippen molar-refractivity contribution >= 4 is 17.3 Å². The van der Waals surface area contributed by atoms with Crippen LogP contribution in [0.5, 0.6) is 0 Å². The van der Waals surface area contributed by atoms with E-state index < -0.39 is 0 Å². The first-order valence-electron chi connectivity index (χ1n) is 7.89. The molecule has 120 valence electrons. The number of hydrogen-bond acceptors (Lipinski definition) is 3. The van der Waals surface area contributed by atoms with Gasteiger partial charge in [-0.2, -0.15) is 5.11 Å². The average Bonchev–Trinajstić information content (AvgIpc) is 2.53. The molecule has 0 aromatic heterocycles. The van der Waals surface area contributed by atoms with Crippen LogP contribution in [-0.4, -0.2) is 22.9 Å². The zero-order chi connectivity index (χ0) is 16.8. The van der Waals surface area contributed by atoms with E-state index in [1.165, 1.54) is 0 Å². The standard InChI is InChI=1S/C19H23N3O/c1-14(2)22(15(3)4)19(23)17-12-8-9-13-18(17)21-20-16-10-6-5-7-11-16/h5-15H,1-4H3. The Morgan fingerprint density at radius 3 is 2.00 bits per heavy atom. The summed E-state index contributed by atoms with van der Waals surface area (Å²) in [6, 6.07) is 17.1. The Kier molecular flexibility index (Phi) is 5.63. The van der Waals surface area contributed by atoms with Crippen LogP contribution in [0.1, 0.15) is 38.1 Å². The zero-order valence-electron chi connectivity index (χ0n) is 14.1. The zero-order valence-corrected chi connectivity index (χ0v) is 14.1. The Hall–Kier alpha value is -2.49. The first kappa shape index (κ1) is 16.9. The average molecular weight is 309 g/mol. The van der Waals surface area contributed by atoms with Crippen molar-refractivity contribution in [3.8, 4) is 0 Å². The molecule has 4 heteroatoms. The van der Waals surface area contributed by atoms with E-state index >= 15 is 0 Å². The summed E-state index contributed by atoms with van der Waals surface area (Å²) >= 11 is 0. The molecule has 2 rings (SSSR count). The molecule has 0 bridgehead atoms. The lowest BCUT2D eigenvalue weighted by Gasteiger charge is -2.31. The summed E-state index contributed by atoms with van der Waals surface area (Å²) in [6.45, 7) is 8.08. The number of carbonyl (C=O) groups excluding carboxylic acids is 1. The maximum absolute atomic E-state index is 12.9. The van der Waals surface area contributed by atoms with E-state index in [2.05, 4.69) is 10.2 Å². The molecule has 0 fully saturated rings. The largest absolute Gasteiger partial charge is 0.334 e. The third kappa shape index (κ3) is 4.25. The molecule has 0 N–H and O–H groups in total. The van der Waals surface area contributed by atoms with Crippen LogP contribution >= 0.6 is 0 Å². The van der Waals surface area contributed by atoms with Crippen LogP contribution in [-0.2, 0) is 0 Å². The van der Waals surface area contributed by atoms with Crippen LogP contribution in [0.4, 0.5) is 11.4 Å². The molecule has 23 heavy (non-hydrogen) atoms. The van der Waals surface area contributed by atoms with Gasteiger partial charge in [-0.1, -0.05) is 30.3 Å². The molecule has 0 saturated heterocycles. The summed E-state index contributed by atoms with van der Waals surface area (Å²) in [5.74, 6) is -0.0161. The highest BCUT2D eigenvalue weighted by atomic mass is 16.2. The molecule has 4 nitrogen and oxygen atoms in total. The molecule has 0 aliphatic carbocycles. The Bertz CT molecular complexity index is 670. The van der Waals surface area contributed by atoms with Crippen molar-refractivity contribution in [3.05, 3.63) is 60.2 Å². The minimum atomic E-state index is -0.0161. The summed E-state index contributed by atoms with van der Waals surface area (Å²) in [5.41, 5.74) is 1.93. The molecular weight excluding hydrogens is 286 g/mol. The predicted molar refractivity (Wildman–Crippen MR) is 93.5 cm³/mol. The highest BCUT2D eigenvalue weighted by molar-refractivity contribution is 5.99. The molecule has 1 amide bonds. The van der Waals surface area contributed by atoms with E-state index in [0.29, 0.717) is 11.3 Å². The molecule has 0 spiro atoms. The van der Waals surface area contributed by atoms with Gasteiger partial charge in [0.15, 0.2) is 0 Å². The molecule has 0 atom stereocenters. The van der Waals surface area contributed by atoms with Gasteiger partial charge in [0.25, 0.3) is 5.91 Å². The lowest BCUT2D eigenvalue weighted by molar-refractivity contribution is 0.0644. The second-order valence-corrected chi connectivity index (χ2v) is 5.95. The normalized spacial score (nSPS) is 11.4. The van der Waals surface area contributed by atoms with Gasteiger partial charge in [0.05, 0.1) is 16.9 Å². The van der Waals surface area contributed by atoms with Crippen LogP contribution in [0.2, 0.25) is 0 Å². The van der Waals surface area contributed by atoms with Gasteiger partial charge < -0.3 is 4.90 Å². The maximum atomic E-state index is 12.9. The highest BCUT2D eigenvalue weighted by Gasteiger charge is 2.23. The summed E-state index contributed by atoms with van der Waals surface area (Å²) in [7, 11) is 0. The fraction of sp³-hybridized carbons (Fsp3) is 0.316. The monoisotopic (exact) mass is 309 g/mol. The number of hydrogen-bond donors (Lipinski definition) is 0. The van der Waals surface area contributed by atoms with Crippen LogP contribution in [0.25, 0.3) is 0 Å². The van der Waals surface area contributed by atoms with E-state index in [4.69, 9.17) is 0 Å². The van der Waals surface area contributed by atoms with Gasteiger partial charge in [0, 0.05) is 12.1 Å². The van der Waals surface area contributed by atoms with Gasteiger partial charge in [-0.25, -0.2) is 0 Å². The topological polar surface area (TPSA) is 45.0 Å². The number of carbonyl (C=O) groups is 1. The first-order chi connectivity index (χ1) is 11.0. The van der Waals surface area contributed by atoms with Gasteiger partial charge in [-0.05, 0) is 52.0 Å². The minimum Gasteiger partial charge on any atom is -0.334 e. The third-order valence-electron chi connectivity index (χ3n) is 3.51. The summed E-state index contributed by atoms with van der Waals surface area (Å²) in [4.78, 5) is 14.7. The molecule has 0 aliphatic rings. The quantitative estimate of drug-likeness (QED) is 0.686. The molecule has 0 aliphatic heterocycles. The van der Waals surface area contributed by atoms with E-state index in [-0.39, 0.29) is 18.0 Å². The van der Waals surface area contributed by atoms with E-state index in [1.807, 2.05) is 81.1 Å². The van der Waals surface area contributed by atoms with Gasteiger partial charge >= 0.3 is 0 Å². The Labute approximate surface area is 137 Å². The SMILES string of the molecule is CC(C)N(C(=O)c1ccccc1N=Nc1ccccc1)C(C)C. The number of amides is 1. The van der Waals surface area contributed by atoms with Crippen molar-refractivity contribution in [3.63, 3.8) is 0 Å². The van der Waals surface area contributed by atoms with Crippen molar-refractivity contribution in [2.24, 2.45) is 10.2 Å². The Morgan fingerprint density at radius 2 is 1.39 bits per heavy atom. The van der Waals surface area contributed by atoms with E-state index in [0.717, 1.165) is 5.69 Å². The van der Waals surface area contributed by atoms with Gasteiger partial charge in [-0.3, -0.25) is 4.79 Å². The van der Waals surface area contributed by atoms with Crippen molar-refractivity contribution in [1.82, 2.24) is 4.90 Å². The Morgan fingerprint density at radius 1 is 0.826 bits per heavy atom. The van der Waals surface area contributed by atoms with Crippen LogP contribution < -0.4 is 0 Å². The first-order valence-corrected chi connectivity index (χ1v) is 7.89. The summed E-state index contributed by atoms with van der Waals surface area (Å²) < 4.78 is 0. The smallest absolute Gasteiger partial charge is 0.256 e. The molecule has 0 saturated carbocycles. The van der Waals surface area contributed by atoms with Crippen LogP contribution in [0, 0.1) is 0 Å². The van der Waals surface area contributed by atoms with Crippen LogP contribution in [0.3, 0.4) is 0 Å². The van der Waals surface area contributed by atoms with E-state index in [9.17, 15) is 4.79 Å². The lowest BCUT2D eigenvalue weighted by Crippen LogP contribution is -2.42.